The normalized spacial score (nSPS) is 14.5. The standard InChI is InChI=1S/C34H35BrN4O5S/c1-7-38(8-2)26-19-27(43-5)21(16-25(26)35)17-29-33(41)39-31(24-15-14-23(42-4)18-28(24)44-6)30(20(3)36-34(39)45-29)32(40)37-22-12-10-9-11-13-22/h9-19,31H,7-8H2,1-6H3,(H,37,40)/b29-17-/t31-/m0/s1. The van der Waals surface area contributed by atoms with Crippen molar-refractivity contribution in [3.63, 3.8) is 0 Å². The molecule has 0 spiro atoms. The largest absolute Gasteiger partial charge is 0.497 e. The van der Waals surface area contributed by atoms with Crippen LogP contribution in [0, 0.1) is 0 Å². The van der Waals surface area contributed by atoms with E-state index in [-0.39, 0.29) is 11.5 Å². The van der Waals surface area contributed by atoms with Crippen LogP contribution in [0.15, 0.2) is 86.2 Å². The van der Waals surface area contributed by atoms with Gasteiger partial charge in [-0.15, -0.1) is 0 Å². The lowest BCUT2D eigenvalue weighted by Crippen LogP contribution is -2.40. The highest BCUT2D eigenvalue weighted by atomic mass is 79.9. The van der Waals surface area contributed by atoms with Gasteiger partial charge in [-0.25, -0.2) is 4.99 Å². The number of rotatable bonds is 10. The van der Waals surface area contributed by atoms with E-state index in [0.29, 0.717) is 49.1 Å². The molecule has 11 heteroatoms. The molecule has 4 aromatic rings. The lowest BCUT2D eigenvalue weighted by Gasteiger charge is -2.26. The first-order valence-corrected chi connectivity index (χ1v) is 16.1. The Morgan fingerprint density at radius 2 is 1.73 bits per heavy atom. The fraction of sp³-hybridized carbons (Fsp3) is 0.265. The summed E-state index contributed by atoms with van der Waals surface area (Å²) >= 11 is 4.98. The Labute approximate surface area is 274 Å². The van der Waals surface area contributed by atoms with Crippen molar-refractivity contribution in [2.45, 2.75) is 26.8 Å². The number of aromatic nitrogens is 1. The van der Waals surface area contributed by atoms with Gasteiger partial charge in [0.25, 0.3) is 11.5 Å². The Bertz CT molecular complexity index is 1950. The van der Waals surface area contributed by atoms with Gasteiger partial charge in [0.05, 0.1) is 42.8 Å². The summed E-state index contributed by atoms with van der Waals surface area (Å²) in [5.41, 5.74) is 3.56. The third-order valence-electron chi connectivity index (χ3n) is 7.72. The molecule has 234 valence electrons. The maximum absolute atomic E-state index is 14.3. The Morgan fingerprint density at radius 3 is 2.38 bits per heavy atom. The molecule has 1 aromatic heterocycles. The van der Waals surface area contributed by atoms with E-state index in [1.54, 1.807) is 45.0 Å². The van der Waals surface area contributed by atoms with Gasteiger partial charge in [-0.1, -0.05) is 29.5 Å². The van der Waals surface area contributed by atoms with Crippen molar-refractivity contribution in [1.82, 2.24) is 4.57 Å². The number of nitrogens with one attached hydrogen (secondary N) is 1. The minimum absolute atomic E-state index is 0.287. The number of carbonyl (C=O) groups is 1. The third-order valence-corrected chi connectivity index (χ3v) is 9.34. The smallest absolute Gasteiger partial charge is 0.271 e. The number of anilines is 2. The van der Waals surface area contributed by atoms with Crippen LogP contribution in [0.1, 0.15) is 37.9 Å². The average Bonchev–Trinajstić information content (AvgIpc) is 3.35. The molecule has 0 bridgehead atoms. The summed E-state index contributed by atoms with van der Waals surface area (Å²) in [6.45, 7) is 7.66. The van der Waals surface area contributed by atoms with E-state index >= 15 is 0 Å². The zero-order valence-electron chi connectivity index (χ0n) is 26.0. The molecule has 0 saturated heterocycles. The quantitative estimate of drug-likeness (QED) is 0.236. The van der Waals surface area contributed by atoms with E-state index in [1.165, 1.54) is 11.3 Å². The number of carbonyl (C=O) groups excluding carboxylic acids is 1. The van der Waals surface area contributed by atoms with Crippen molar-refractivity contribution in [3.05, 3.63) is 107 Å². The van der Waals surface area contributed by atoms with E-state index in [0.717, 1.165) is 28.8 Å². The first kappa shape index (κ1) is 32.1. The minimum atomic E-state index is -0.813. The minimum Gasteiger partial charge on any atom is -0.497 e. The van der Waals surface area contributed by atoms with Gasteiger partial charge in [-0.2, -0.15) is 0 Å². The maximum Gasteiger partial charge on any atom is 0.271 e. The molecule has 5 rings (SSSR count). The zero-order valence-corrected chi connectivity index (χ0v) is 28.4. The second-order valence-corrected chi connectivity index (χ2v) is 12.1. The summed E-state index contributed by atoms with van der Waals surface area (Å²) in [6.07, 6.45) is 1.81. The number of benzene rings is 3. The van der Waals surface area contributed by atoms with Crippen LogP contribution in [-0.2, 0) is 4.79 Å². The fourth-order valence-corrected chi connectivity index (χ4v) is 7.12. The number of nitrogens with zero attached hydrogens (tertiary/aromatic N) is 3. The molecule has 1 aliphatic rings. The summed E-state index contributed by atoms with van der Waals surface area (Å²) in [6, 6.07) is 17.6. The van der Waals surface area contributed by atoms with E-state index in [9.17, 15) is 9.59 Å². The molecule has 0 saturated carbocycles. The number of fused-ring (bicyclic) bond motifs is 1. The third kappa shape index (κ3) is 6.27. The second kappa shape index (κ2) is 13.7. The zero-order chi connectivity index (χ0) is 32.2. The SMILES string of the molecule is CCN(CC)c1cc(OC)c(/C=c2\sc3n(c2=O)[C@@H](c2ccc(OC)cc2OC)C(C(=O)Nc2ccccc2)=C(C)N=3)cc1Br. The molecule has 1 amide bonds. The molecule has 1 aliphatic heterocycles. The summed E-state index contributed by atoms with van der Waals surface area (Å²) in [4.78, 5) is 35.7. The molecule has 0 fully saturated rings. The topological polar surface area (TPSA) is 94.4 Å². The Kier molecular flexibility index (Phi) is 9.79. The summed E-state index contributed by atoms with van der Waals surface area (Å²) in [5, 5.41) is 2.98. The van der Waals surface area contributed by atoms with E-state index in [2.05, 4.69) is 40.0 Å². The molecule has 45 heavy (non-hydrogen) atoms. The molecule has 0 unspecified atom stereocenters. The highest BCUT2D eigenvalue weighted by Crippen LogP contribution is 2.38. The lowest BCUT2D eigenvalue weighted by atomic mass is 9.94. The molecule has 2 heterocycles. The average molecular weight is 692 g/mol. The molecule has 3 aromatic carbocycles. The van der Waals surface area contributed by atoms with Crippen LogP contribution >= 0.6 is 27.3 Å². The molecule has 0 aliphatic carbocycles. The van der Waals surface area contributed by atoms with Gasteiger partial charge in [0, 0.05) is 46.5 Å². The van der Waals surface area contributed by atoms with Crippen molar-refractivity contribution < 1.29 is 19.0 Å². The van der Waals surface area contributed by atoms with Gasteiger partial charge < -0.3 is 24.4 Å². The fourth-order valence-electron chi connectivity index (χ4n) is 5.47. The predicted octanol–water partition coefficient (Wildman–Crippen LogP) is 5.51. The first-order chi connectivity index (χ1) is 21.7. The van der Waals surface area contributed by atoms with Crippen LogP contribution in [0.25, 0.3) is 6.08 Å². The Balaban J connectivity index is 1.71. The van der Waals surface area contributed by atoms with Crippen LogP contribution < -0.4 is 39.3 Å². The Morgan fingerprint density at radius 1 is 1.02 bits per heavy atom. The maximum atomic E-state index is 14.3. The van der Waals surface area contributed by atoms with Gasteiger partial charge in [0.1, 0.15) is 23.3 Å². The number of allylic oxidation sites excluding steroid dienone is 1. The van der Waals surface area contributed by atoms with Crippen molar-refractivity contribution >= 4 is 50.6 Å². The van der Waals surface area contributed by atoms with Crippen molar-refractivity contribution in [1.29, 1.82) is 0 Å². The number of methoxy groups -OCH3 is 3. The monoisotopic (exact) mass is 690 g/mol. The van der Waals surface area contributed by atoms with Crippen LogP contribution in [0.4, 0.5) is 11.4 Å². The molecule has 9 nitrogen and oxygen atoms in total. The summed E-state index contributed by atoms with van der Waals surface area (Å²) < 4.78 is 19.9. The molecule has 0 radical (unpaired) electrons. The van der Waals surface area contributed by atoms with Crippen LogP contribution in [-0.4, -0.2) is 44.9 Å². The highest BCUT2D eigenvalue weighted by molar-refractivity contribution is 9.10. The van der Waals surface area contributed by atoms with E-state index in [1.807, 2.05) is 54.6 Å². The van der Waals surface area contributed by atoms with Crippen molar-refractivity contribution in [3.8, 4) is 17.2 Å². The molecular weight excluding hydrogens is 656 g/mol. The number of hydrogen-bond donors (Lipinski definition) is 1. The number of hydrogen-bond acceptors (Lipinski definition) is 8. The number of thiazole rings is 1. The first-order valence-electron chi connectivity index (χ1n) is 14.5. The van der Waals surface area contributed by atoms with Crippen molar-refractivity contribution in [2.24, 2.45) is 4.99 Å². The Hall–Kier alpha value is -4.35. The number of halogens is 1. The summed E-state index contributed by atoms with van der Waals surface area (Å²) in [5.74, 6) is 1.34. The van der Waals surface area contributed by atoms with Gasteiger partial charge in [0.15, 0.2) is 4.80 Å². The summed E-state index contributed by atoms with van der Waals surface area (Å²) in [7, 11) is 4.74. The van der Waals surface area contributed by atoms with E-state index in [4.69, 9.17) is 19.2 Å². The van der Waals surface area contributed by atoms with Gasteiger partial charge >= 0.3 is 0 Å². The van der Waals surface area contributed by atoms with Gasteiger partial charge in [0.2, 0.25) is 0 Å². The van der Waals surface area contributed by atoms with Crippen LogP contribution in [0.5, 0.6) is 17.2 Å². The lowest BCUT2D eigenvalue weighted by molar-refractivity contribution is -0.113. The van der Waals surface area contributed by atoms with E-state index < -0.39 is 6.04 Å². The molecule has 1 N–H and O–H groups in total. The second-order valence-electron chi connectivity index (χ2n) is 10.2. The highest BCUT2D eigenvalue weighted by Gasteiger charge is 2.34. The number of para-hydroxylation sites is 1. The molecular formula is C34H35BrN4O5S. The van der Waals surface area contributed by atoms with Crippen molar-refractivity contribution in [2.75, 3.05) is 44.6 Å². The number of ether oxygens (including phenoxy) is 3. The van der Waals surface area contributed by atoms with Gasteiger partial charge in [-0.05, 0) is 73.1 Å². The van der Waals surface area contributed by atoms with Crippen LogP contribution in [0.3, 0.4) is 0 Å². The predicted molar refractivity (Wildman–Crippen MR) is 183 cm³/mol. The number of amides is 1. The van der Waals surface area contributed by atoms with Crippen LogP contribution in [0.2, 0.25) is 0 Å². The molecule has 1 atom stereocenters. The van der Waals surface area contributed by atoms with Gasteiger partial charge in [-0.3, -0.25) is 14.2 Å².